The highest BCUT2D eigenvalue weighted by Gasteiger charge is 2.16. The molecule has 3 rings (SSSR count). The van der Waals surface area contributed by atoms with E-state index in [0.717, 1.165) is 23.6 Å². The predicted octanol–water partition coefficient (Wildman–Crippen LogP) is 2.92. The third-order valence-electron chi connectivity index (χ3n) is 4.16. The lowest BCUT2D eigenvalue weighted by Gasteiger charge is -2.23. The fourth-order valence-electron chi connectivity index (χ4n) is 2.62. The van der Waals surface area contributed by atoms with Crippen molar-refractivity contribution >= 4 is 16.7 Å². The number of nitrogens with two attached hydrogens (primary N) is 1. The maximum Gasteiger partial charge on any atom is 0.188 e. The highest BCUT2D eigenvalue weighted by Crippen LogP contribution is 2.26. The van der Waals surface area contributed by atoms with E-state index in [9.17, 15) is 0 Å². The molecular formula is C18H23N3O. The van der Waals surface area contributed by atoms with Crippen molar-refractivity contribution in [1.82, 2.24) is 5.32 Å². The van der Waals surface area contributed by atoms with Crippen LogP contribution in [-0.4, -0.2) is 25.7 Å². The average molecular weight is 297 g/mol. The van der Waals surface area contributed by atoms with Crippen LogP contribution in [0, 0.1) is 5.92 Å². The Morgan fingerprint density at radius 1 is 1.18 bits per heavy atom. The summed E-state index contributed by atoms with van der Waals surface area (Å²) in [6.45, 7) is 2.07. The Kier molecular flexibility index (Phi) is 4.78. The maximum absolute atomic E-state index is 5.85. The molecule has 0 spiro atoms. The number of benzene rings is 2. The Hall–Kier alpha value is -2.23. The van der Waals surface area contributed by atoms with Gasteiger partial charge in [-0.05, 0) is 30.2 Å². The van der Waals surface area contributed by atoms with E-state index in [0.29, 0.717) is 19.1 Å². The summed E-state index contributed by atoms with van der Waals surface area (Å²) in [5, 5.41) is 5.43. The number of rotatable bonds is 6. The van der Waals surface area contributed by atoms with E-state index in [1.807, 2.05) is 24.3 Å². The molecule has 22 heavy (non-hydrogen) atoms. The van der Waals surface area contributed by atoms with Crippen LogP contribution in [0.1, 0.15) is 19.3 Å². The molecule has 0 saturated heterocycles. The molecule has 1 fully saturated rings. The normalized spacial score (nSPS) is 15.5. The fraction of sp³-hybridized carbons (Fsp3) is 0.389. The largest absolute Gasteiger partial charge is 0.491 e. The van der Waals surface area contributed by atoms with Crippen LogP contribution in [-0.2, 0) is 0 Å². The third kappa shape index (κ3) is 3.70. The molecule has 0 heterocycles. The van der Waals surface area contributed by atoms with Crippen molar-refractivity contribution in [3.8, 4) is 5.75 Å². The summed E-state index contributed by atoms with van der Waals surface area (Å²) in [5.74, 6) is 2.17. The molecule has 2 aromatic carbocycles. The first-order valence-corrected chi connectivity index (χ1v) is 7.97. The van der Waals surface area contributed by atoms with Crippen molar-refractivity contribution in [3.05, 3.63) is 42.5 Å². The average Bonchev–Trinajstić information content (AvgIpc) is 2.50. The minimum absolute atomic E-state index is 0.522. The molecule has 4 heteroatoms. The topological polar surface area (TPSA) is 59.6 Å². The van der Waals surface area contributed by atoms with Gasteiger partial charge in [-0.15, -0.1) is 0 Å². The zero-order valence-electron chi connectivity index (χ0n) is 12.8. The van der Waals surface area contributed by atoms with Crippen LogP contribution in [0.5, 0.6) is 5.75 Å². The van der Waals surface area contributed by atoms with E-state index in [1.165, 1.54) is 24.6 Å². The van der Waals surface area contributed by atoms with Crippen molar-refractivity contribution < 1.29 is 4.74 Å². The molecule has 1 aliphatic carbocycles. The SMILES string of the molecule is NC(=NCC1CCC1)NCCOc1cccc2ccccc12. The van der Waals surface area contributed by atoms with Gasteiger partial charge in [0.25, 0.3) is 0 Å². The lowest BCUT2D eigenvalue weighted by atomic mass is 9.86. The summed E-state index contributed by atoms with van der Waals surface area (Å²) in [5.41, 5.74) is 5.85. The lowest BCUT2D eigenvalue weighted by Crippen LogP contribution is -2.35. The molecule has 0 unspecified atom stereocenters. The van der Waals surface area contributed by atoms with E-state index < -0.39 is 0 Å². The quantitative estimate of drug-likeness (QED) is 0.489. The summed E-state index contributed by atoms with van der Waals surface area (Å²) >= 11 is 0. The van der Waals surface area contributed by atoms with Gasteiger partial charge in [0, 0.05) is 11.9 Å². The summed E-state index contributed by atoms with van der Waals surface area (Å²) in [7, 11) is 0. The number of nitrogens with zero attached hydrogens (tertiary/aromatic N) is 1. The Bertz CT molecular complexity index is 644. The van der Waals surface area contributed by atoms with Gasteiger partial charge < -0.3 is 15.8 Å². The van der Waals surface area contributed by atoms with Crippen LogP contribution in [0.25, 0.3) is 10.8 Å². The zero-order valence-corrected chi connectivity index (χ0v) is 12.8. The monoisotopic (exact) mass is 297 g/mol. The van der Waals surface area contributed by atoms with Gasteiger partial charge in [0.05, 0.1) is 6.54 Å². The van der Waals surface area contributed by atoms with Crippen LogP contribution in [0.2, 0.25) is 0 Å². The van der Waals surface area contributed by atoms with Gasteiger partial charge in [-0.1, -0.05) is 42.8 Å². The van der Waals surface area contributed by atoms with E-state index in [-0.39, 0.29) is 0 Å². The number of fused-ring (bicyclic) bond motifs is 1. The smallest absolute Gasteiger partial charge is 0.188 e. The third-order valence-corrected chi connectivity index (χ3v) is 4.16. The molecule has 4 nitrogen and oxygen atoms in total. The van der Waals surface area contributed by atoms with Crippen molar-refractivity contribution in [2.45, 2.75) is 19.3 Å². The van der Waals surface area contributed by atoms with Crippen molar-refractivity contribution in [2.75, 3.05) is 19.7 Å². The molecule has 3 N–H and O–H groups in total. The first-order chi connectivity index (χ1) is 10.8. The Labute approximate surface area is 131 Å². The fourth-order valence-corrected chi connectivity index (χ4v) is 2.62. The van der Waals surface area contributed by atoms with Crippen molar-refractivity contribution in [3.63, 3.8) is 0 Å². The number of hydrogen-bond donors (Lipinski definition) is 2. The van der Waals surface area contributed by atoms with E-state index >= 15 is 0 Å². The number of guanidine groups is 1. The molecule has 1 saturated carbocycles. The molecule has 0 bridgehead atoms. The molecule has 0 amide bonds. The van der Waals surface area contributed by atoms with Gasteiger partial charge in [0.15, 0.2) is 5.96 Å². The standard InChI is InChI=1S/C18H23N3O/c19-18(21-13-14-5-3-6-14)20-11-12-22-17-10-4-8-15-7-1-2-9-16(15)17/h1-2,4,7-10,14H,3,5-6,11-13H2,(H3,19,20,21). The summed E-state index contributed by atoms with van der Waals surface area (Å²) < 4.78 is 5.85. The molecule has 0 aliphatic heterocycles. The second kappa shape index (κ2) is 7.16. The minimum Gasteiger partial charge on any atom is -0.491 e. The van der Waals surface area contributed by atoms with E-state index in [1.54, 1.807) is 0 Å². The predicted molar refractivity (Wildman–Crippen MR) is 91.3 cm³/mol. The van der Waals surface area contributed by atoms with Crippen molar-refractivity contribution in [2.24, 2.45) is 16.6 Å². The van der Waals surface area contributed by atoms with Crippen LogP contribution >= 0.6 is 0 Å². The van der Waals surface area contributed by atoms with E-state index in [2.05, 4.69) is 28.5 Å². The van der Waals surface area contributed by atoms with Crippen LogP contribution in [0.3, 0.4) is 0 Å². The van der Waals surface area contributed by atoms with Crippen LogP contribution in [0.4, 0.5) is 0 Å². The molecule has 116 valence electrons. The Balaban J connectivity index is 1.46. The Morgan fingerprint density at radius 3 is 2.82 bits per heavy atom. The highest BCUT2D eigenvalue weighted by atomic mass is 16.5. The van der Waals surface area contributed by atoms with Gasteiger partial charge in [0.1, 0.15) is 12.4 Å². The first kappa shape index (κ1) is 14.7. The number of nitrogens with one attached hydrogen (secondary N) is 1. The number of ether oxygens (including phenoxy) is 1. The lowest BCUT2D eigenvalue weighted by molar-refractivity contribution is 0.322. The van der Waals surface area contributed by atoms with Crippen molar-refractivity contribution in [1.29, 1.82) is 0 Å². The zero-order chi connectivity index (χ0) is 15.2. The molecule has 0 aromatic heterocycles. The Morgan fingerprint density at radius 2 is 2.00 bits per heavy atom. The molecule has 1 aliphatic rings. The van der Waals surface area contributed by atoms with Crippen LogP contribution < -0.4 is 15.8 Å². The van der Waals surface area contributed by atoms with Gasteiger partial charge in [0.2, 0.25) is 0 Å². The van der Waals surface area contributed by atoms with Crippen LogP contribution in [0.15, 0.2) is 47.5 Å². The first-order valence-electron chi connectivity index (χ1n) is 7.97. The highest BCUT2D eigenvalue weighted by molar-refractivity contribution is 5.88. The molecular weight excluding hydrogens is 274 g/mol. The summed E-state index contributed by atoms with van der Waals surface area (Å²) in [6.07, 6.45) is 3.92. The second-order valence-electron chi connectivity index (χ2n) is 5.78. The molecule has 2 aromatic rings. The second-order valence-corrected chi connectivity index (χ2v) is 5.78. The van der Waals surface area contributed by atoms with Gasteiger partial charge in [-0.25, -0.2) is 0 Å². The van der Waals surface area contributed by atoms with Gasteiger partial charge in [-0.3, -0.25) is 4.99 Å². The number of aliphatic imine (C=N–C) groups is 1. The summed E-state index contributed by atoms with van der Waals surface area (Å²) in [6, 6.07) is 14.3. The molecule has 0 atom stereocenters. The maximum atomic E-state index is 5.85. The van der Waals surface area contributed by atoms with Gasteiger partial charge >= 0.3 is 0 Å². The van der Waals surface area contributed by atoms with E-state index in [4.69, 9.17) is 10.5 Å². The van der Waals surface area contributed by atoms with Gasteiger partial charge in [-0.2, -0.15) is 0 Å². The number of hydrogen-bond acceptors (Lipinski definition) is 2. The summed E-state index contributed by atoms with van der Waals surface area (Å²) in [4.78, 5) is 4.37. The molecule has 0 radical (unpaired) electrons. The minimum atomic E-state index is 0.522.